The van der Waals surface area contributed by atoms with Gasteiger partial charge in [0.1, 0.15) is 11.5 Å². The summed E-state index contributed by atoms with van der Waals surface area (Å²) in [5.74, 6) is -1.85. The van der Waals surface area contributed by atoms with E-state index >= 15 is 0 Å². The maximum absolute atomic E-state index is 13.5. The average Bonchev–Trinajstić information content (AvgIpc) is 3.22. The smallest absolute Gasteiger partial charge is 0.387 e. The van der Waals surface area contributed by atoms with Gasteiger partial charge in [-0.05, 0) is 24.3 Å². The van der Waals surface area contributed by atoms with Crippen LogP contribution in [0.25, 0.3) is 16.9 Å². The molecule has 0 unspecified atom stereocenters. The Kier molecular flexibility index (Phi) is 5.70. The molecule has 0 bridgehead atoms. The lowest BCUT2D eigenvalue weighted by molar-refractivity contribution is -0.0495. The Labute approximate surface area is 175 Å². The Morgan fingerprint density at radius 2 is 1.65 bits per heavy atom. The van der Waals surface area contributed by atoms with E-state index in [1.807, 2.05) is 48.5 Å². The molecular weight excluding hydrogens is 407 g/mol. The normalized spacial score (nSPS) is 10.8. The third-order valence-electron chi connectivity index (χ3n) is 4.43. The standard InChI is InChI=1S/C23H16F3N3O2/c24-16-11-12-19(20(13-16)31-23(25)26)27-22(30)18-14-29(17-9-5-2-6-10-17)28-21(18)15-7-3-1-4-8-15/h1-14,23H,(H,27,30). The number of ether oxygens (including phenoxy) is 1. The lowest BCUT2D eigenvalue weighted by atomic mass is 10.1. The molecule has 1 aromatic heterocycles. The largest absolute Gasteiger partial charge is 0.432 e. The van der Waals surface area contributed by atoms with Crippen molar-refractivity contribution in [2.45, 2.75) is 6.61 Å². The number of nitrogens with zero attached hydrogens (tertiary/aromatic N) is 2. The van der Waals surface area contributed by atoms with Crippen molar-refractivity contribution >= 4 is 11.6 Å². The van der Waals surface area contributed by atoms with Crippen LogP contribution in [0.3, 0.4) is 0 Å². The van der Waals surface area contributed by atoms with Gasteiger partial charge in [0.05, 0.1) is 16.9 Å². The Balaban J connectivity index is 1.74. The minimum Gasteiger partial charge on any atom is -0.432 e. The molecule has 3 aromatic carbocycles. The van der Waals surface area contributed by atoms with Gasteiger partial charge in [-0.3, -0.25) is 4.79 Å². The third-order valence-corrected chi connectivity index (χ3v) is 4.43. The van der Waals surface area contributed by atoms with E-state index in [9.17, 15) is 18.0 Å². The van der Waals surface area contributed by atoms with Crippen LogP contribution < -0.4 is 10.1 Å². The van der Waals surface area contributed by atoms with Crippen LogP contribution in [0.1, 0.15) is 10.4 Å². The highest BCUT2D eigenvalue weighted by Crippen LogP contribution is 2.29. The van der Waals surface area contributed by atoms with Crippen molar-refractivity contribution in [1.82, 2.24) is 9.78 Å². The number of rotatable bonds is 6. The molecule has 0 aliphatic rings. The summed E-state index contributed by atoms with van der Waals surface area (Å²) in [6, 6.07) is 21.3. The van der Waals surface area contributed by atoms with E-state index in [0.717, 1.165) is 23.9 Å². The fraction of sp³-hybridized carbons (Fsp3) is 0.0435. The first kappa shape index (κ1) is 20.2. The highest BCUT2D eigenvalue weighted by atomic mass is 19.3. The molecular formula is C23H16F3N3O2. The summed E-state index contributed by atoms with van der Waals surface area (Å²) in [6.07, 6.45) is 1.55. The number of carbonyl (C=O) groups is 1. The van der Waals surface area contributed by atoms with Gasteiger partial charge in [0.2, 0.25) is 0 Å². The molecule has 0 aliphatic carbocycles. The predicted octanol–water partition coefficient (Wildman–Crippen LogP) is 5.53. The second-order valence-electron chi connectivity index (χ2n) is 6.51. The number of hydrogen-bond acceptors (Lipinski definition) is 3. The maximum atomic E-state index is 13.5. The number of benzene rings is 3. The zero-order valence-electron chi connectivity index (χ0n) is 16.0. The molecule has 0 saturated heterocycles. The van der Waals surface area contributed by atoms with E-state index in [1.165, 1.54) is 0 Å². The zero-order chi connectivity index (χ0) is 21.8. The summed E-state index contributed by atoms with van der Waals surface area (Å²) in [7, 11) is 0. The van der Waals surface area contributed by atoms with E-state index in [1.54, 1.807) is 23.0 Å². The Bertz CT molecular complexity index is 1200. The summed E-state index contributed by atoms with van der Waals surface area (Å²) in [5.41, 5.74) is 1.97. The second kappa shape index (κ2) is 8.74. The average molecular weight is 423 g/mol. The molecule has 0 fully saturated rings. The maximum Gasteiger partial charge on any atom is 0.387 e. The molecule has 0 radical (unpaired) electrons. The first-order valence-corrected chi connectivity index (χ1v) is 9.27. The van der Waals surface area contributed by atoms with E-state index in [-0.39, 0.29) is 11.3 Å². The molecule has 0 spiro atoms. The molecule has 156 valence electrons. The molecule has 4 aromatic rings. The Hall–Kier alpha value is -4.07. The van der Waals surface area contributed by atoms with Crippen LogP contribution in [0.15, 0.2) is 85.1 Å². The quantitative estimate of drug-likeness (QED) is 0.444. The van der Waals surface area contributed by atoms with Crippen molar-refractivity contribution in [2.75, 3.05) is 5.32 Å². The highest BCUT2D eigenvalue weighted by molar-refractivity contribution is 6.08. The van der Waals surface area contributed by atoms with Crippen molar-refractivity contribution < 1.29 is 22.7 Å². The predicted molar refractivity (Wildman–Crippen MR) is 110 cm³/mol. The van der Waals surface area contributed by atoms with Crippen LogP contribution in [-0.4, -0.2) is 22.3 Å². The molecule has 8 heteroatoms. The van der Waals surface area contributed by atoms with Crippen molar-refractivity contribution in [3.05, 3.63) is 96.4 Å². The van der Waals surface area contributed by atoms with Crippen molar-refractivity contribution in [3.8, 4) is 22.7 Å². The van der Waals surface area contributed by atoms with Gasteiger partial charge in [-0.1, -0.05) is 48.5 Å². The fourth-order valence-corrected chi connectivity index (χ4v) is 3.04. The monoisotopic (exact) mass is 423 g/mol. The topological polar surface area (TPSA) is 56.1 Å². The molecule has 1 amide bonds. The molecule has 0 saturated carbocycles. The van der Waals surface area contributed by atoms with Crippen LogP contribution in [0.4, 0.5) is 18.9 Å². The second-order valence-corrected chi connectivity index (χ2v) is 6.51. The van der Waals surface area contributed by atoms with E-state index < -0.39 is 24.1 Å². The highest BCUT2D eigenvalue weighted by Gasteiger charge is 2.21. The molecule has 0 atom stereocenters. The molecule has 4 rings (SSSR count). The SMILES string of the molecule is O=C(Nc1ccc(F)cc1OC(F)F)c1cn(-c2ccccc2)nc1-c1ccccc1. The zero-order valence-corrected chi connectivity index (χ0v) is 16.0. The number of hydrogen-bond donors (Lipinski definition) is 1. The Morgan fingerprint density at radius 3 is 2.32 bits per heavy atom. The Morgan fingerprint density at radius 1 is 0.968 bits per heavy atom. The number of halogens is 3. The number of amides is 1. The molecule has 5 nitrogen and oxygen atoms in total. The van der Waals surface area contributed by atoms with Crippen LogP contribution in [-0.2, 0) is 0 Å². The van der Waals surface area contributed by atoms with Crippen LogP contribution >= 0.6 is 0 Å². The number of carbonyl (C=O) groups excluding carboxylic acids is 1. The van der Waals surface area contributed by atoms with E-state index in [2.05, 4.69) is 15.2 Å². The van der Waals surface area contributed by atoms with Gasteiger partial charge in [-0.2, -0.15) is 13.9 Å². The van der Waals surface area contributed by atoms with Gasteiger partial charge in [0.25, 0.3) is 5.91 Å². The summed E-state index contributed by atoms with van der Waals surface area (Å²) >= 11 is 0. The summed E-state index contributed by atoms with van der Waals surface area (Å²) in [6.45, 7) is -3.17. The third kappa shape index (κ3) is 4.58. The van der Waals surface area contributed by atoms with Crippen LogP contribution in [0.2, 0.25) is 0 Å². The van der Waals surface area contributed by atoms with Gasteiger partial charge in [-0.25, -0.2) is 9.07 Å². The summed E-state index contributed by atoms with van der Waals surface area (Å²) in [4.78, 5) is 13.1. The summed E-state index contributed by atoms with van der Waals surface area (Å²) in [5, 5.41) is 7.06. The van der Waals surface area contributed by atoms with Gasteiger partial charge in [0.15, 0.2) is 5.75 Å². The van der Waals surface area contributed by atoms with E-state index in [0.29, 0.717) is 11.3 Å². The number of nitrogens with one attached hydrogen (secondary N) is 1. The molecule has 0 aliphatic heterocycles. The lowest BCUT2D eigenvalue weighted by Crippen LogP contribution is -2.14. The van der Waals surface area contributed by atoms with E-state index in [4.69, 9.17) is 0 Å². The number of aromatic nitrogens is 2. The summed E-state index contributed by atoms with van der Waals surface area (Å²) < 4.78 is 44.8. The molecule has 31 heavy (non-hydrogen) atoms. The fourth-order valence-electron chi connectivity index (χ4n) is 3.04. The van der Waals surface area contributed by atoms with Crippen molar-refractivity contribution in [1.29, 1.82) is 0 Å². The van der Waals surface area contributed by atoms with Gasteiger partial charge < -0.3 is 10.1 Å². The van der Waals surface area contributed by atoms with Crippen LogP contribution in [0.5, 0.6) is 5.75 Å². The first-order chi connectivity index (χ1) is 15.0. The van der Waals surface area contributed by atoms with Gasteiger partial charge in [0, 0.05) is 17.8 Å². The number of alkyl halides is 2. The van der Waals surface area contributed by atoms with Crippen LogP contribution in [0, 0.1) is 5.82 Å². The number of para-hydroxylation sites is 1. The molecule has 1 N–H and O–H groups in total. The minimum atomic E-state index is -3.17. The number of anilines is 1. The van der Waals surface area contributed by atoms with Crippen molar-refractivity contribution in [2.24, 2.45) is 0 Å². The van der Waals surface area contributed by atoms with Gasteiger partial charge in [-0.15, -0.1) is 0 Å². The van der Waals surface area contributed by atoms with Gasteiger partial charge >= 0.3 is 6.61 Å². The lowest BCUT2D eigenvalue weighted by Gasteiger charge is -2.12. The minimum absolute atomic E-state index is 0.0850. The van der Waals surface area contributed by atoms with Crippen molar-refractivity contribution in [3.63, 3.8) is 0 Å². The first-order valence-electron chi connectivity index (χ1n) is 9.27. The molecule has 1 heterocycles.